The van der Waals surface area contributed by atoms with E-state index >= 15 is 0 Å². The highest BCUT2D eigenvalue weighted by atomic mass is 32.1. The fraction of sp³-hybridized carbons (Fsp3) is 0.700. The predicted octanol–water partition coefficient (Wildman–Crippen LogP) is 2.02. The molecule has 1 fully saturated rings. The van der Waals surface area contributed by atoms with E-state index in [2.05, 4.69) is 9.88 Å². The quantitative estimate of drug-likeness (QED) is 0.814. The van der Waals surface area contributed by atoms with E-state index in [1.807, 2.05) is 0 Å². The highest BCUT2D eigenvalue weighted by Gasteiger charge is 2.12. The molecule has 1 N–H and O–H groups in total. The number of hydrogen-bond donors (Lipinski definition) is 1. The summed E-state index contributed by atoms with van der Waals surface area (Å²) in [6.07, 6.45) is 7.01. The second-order valence-electron chi connectivity index (χ2n) is 3.67. The number of hydrogen-bond acceptors (Lipinski definition) is 4. The van der Waals surface area contributed by atoms with Crippen LogP contribution in [-0.4, -0.2) is 23.2 Å². The Morgan fingerprint density at radius 3 is 2.57 bits per heavy atom. The molecule has 1 aliphatic heterocycles. The second kappa shape index (κ2) is 4.75. The molecule has 0 saturated carbocycles. The smallest absolute Gasteiger partial charge is 0.185 e. The molecule has 3 nitrogen and oxygen atoms in total. The standard InChI is InChI=1S/C10H16N2OS/c13-8-9-7-11-10(14-9)12-5-3-1-2-4-6-12/h7,13H,1-6,8H2. The Bertz CT molecular complexity index is 279. The van der Waals surface area contributed by atoms with Gasteiger partial charge in [0.15, 0.2) is 5.13 Å². The summed E-state index contributed by atoms with van der Waals surface area (Å²) in [6.45, 7) is 2.36. The van der Waals surface area contributed by atoms with E-state index in [1.54, 1.807) is 17.5 Å². The molecule has 0 spiro atoms. The molecule has 1 saturated heterocycles. The van der Waals surface area contributed by atoms with E-state index in [4.69, 9.17) is 5.11 Å². The van der Waals surface area contributed by atoms with Gasteiger partial charge in [-0.25, -0.2) is 4.98 Å². The molecule has 0 atom stereocenters. The van der Waals surface area contributed by atoms with Crippen LogP contribution in [-0.2, 0) is 6.61 Å². The van der Waals surface area contributed by atoms with E-state index in [0.717, 1.165) is 23.1 Å². The highest BCUT2D eigenvalue weighted by molar-refractivity contribution is 7.15. The first kappa shape index (κ1) is 9.93. The number of anilines is 1. The number of aliphatic hydroxyl groups excluding tert-OH is 1. The summed E-state index contributed by atoms with van der Waals surface area (Å²) >= 11 is 1.61. The molecule has 2 heterocycles. The van der Waals surface area contributed by atoms with Crippen LogP contribution in [0.5, 0.6) is 0 Å². The topological polar surface area (TPSA) is 36.4 Å². The molecular weight excluding hydrogens is 196 g/mol. The molecule has 1 aliphatic rings. The zero-order chi connectivity index (χ0) is 9.80. The van der Waals surface area contributed by atoms with Crippen LogP contribution in [0.1, 0.15) is 30.6 Å². The lowest BCUT2D eigenvalue weighted by atomic mass is 10.2. The van der Waals surface area contributed by atoms with Gasteiger partial charge >= 0.3 is 0 Å². The Kier molecular flexibility index (Phi) is 3.37. The van der Waals surface area contributed by atoms with Crippen molar-refractivity contribution in [2.75, 3.05) is 18.0 Å². The normalized spacial score (nSPS) is 18.2. The molecule has 78 valence electrons. The highest BCUT2D eigenvalue weighted by Crippen LogP contribution is 2.24. The van der Waals surface area contributed by atoms with Crippen molar-refractivity contribution >= 4 is 16.5 Å². The van der Waals surface area contributed by atoms with Gasteiger partial charge in [0.1, 0.15) is 0 Å². The molecule has 0 unspecified atom stereocenters. The first-order valence-electron chi connectivity index (χ1n) is 5.20. The van der Waals surface area contributed by atoms with Gasteiger partial charge in [-0.05, 0) is 12.8 Å². The van der Waals surface area contributed by atoms with Crippen molar-refractivity contribution in [3.63, 3.8) is 0 Å². The van der Waals surface area contributed by atoms with Gasteiger partial charge in [-0.2, -0.15) is 0 Å². The van der Waals surface area contributed by atoms with E-state index in [9.17, 15) is 0 Å². The van der Waals surface area contributed by atoms with Crippen molar-refractivity contribution < 1.29 is 5.11 Å². The fourth-order valence-corrected chi connectivity index (χ4v) is 2.60. The lowest BCUT2D eigenvalue weighted by Crippen LogP contribution is -2.23. The lowest BCUT2D eigenvalue weighted by molar-refractivity contribution is 0.285. The van der Waals surface area contributed by atoms with E-state index < -0.39 is 0 Å². The van der Waals surface area contributed by atoms with Gasteiger partial charge in [-0.15, -0.1) is 0 Å². The Balaban J connectivity index is 2.04. The molecule has 2 rings (SSSR count). The summed E-state index contributed by atoms with van der Waals surface area (Å²) in [4.78, 5) is 7.64. The summed E-state index contributed by atoms with van der Waals surface area (Å²) < 4.78 is 0. The van der Waals surface area contributed by atoms with Crippen molar-refractivity contribution in [2.24, 2.45) is 0 Å². The van der Waals surface area contributed by atoms with Gasteiger partial charge in [0, 0.05) is 19.3 Å². The van der Waals surface area contributed by atoms with Crippen LogP contribution in [0.4, 0.5) is 5.13 Å². The third-order valence-electron chi connectivity index (χ3n) is 2.57. The minimum Gasteiger partial charge on any atom is -0.391 e. The third kappa shape index (κ3) is 2.25. The van der Waals surface area contributed by atoms with Crippen LogP contribution < -0.4 is 4.90 Å². The molecular formula is C10H16N2OS. The first-order chi connectivity index (χ1) is 6.90. The number of rotatable bonds is 2. The zero-order valence-electron chi connectivity index (χ0n) is 8.28. The maximum Gasteiger partial charge on any atom is 0.185 e. The molecule has 0 amide bonds. The van der Waals surface area contributed by atoms with Crippen molar-refractivity contribution in [2.45, 2.75) is 32.3 Å². The number of aliphatic hydroxyl groups is 1. The Morgan fingerprint density at radius 2 is 2.00 bits per heavy atom. The van der Waals surface area contributed by atoms with Crippen molar-refractivity contribution in [1.29, 1.82) is 0 Å². The van der Waals surface area contributed by atoms with Gasteiger partial charge in [0.2, 0.25) is 0 Å². The molecule has 14 heavy (non-hydrogen) atoms. The van der Waals surface area contributed by atoms with Gasteiger partial charge in [0.25, 0.3) is 0 Å². The molecule has 0 aliphatic carbocycles. The van der Waals surface area contributed by atoms with Crippen LogP contribution in [0, 0.1) is 0 Å². The average Bonchev–Trinajstić information content (AvgIpc) is 2.53. The Morgan fingerprint density at radius 1 is 1.29 bits per heavy atom. The third-order valence-corrected chi connectivity index (χ3v) is 3.62. The average molecular weight is 212 g/mol. The molecule has 1 aromatic heterocycles. The van der Waals surface area contributed by atoms with Crippen LogP contribution in [0.3, 0.4) is 0 Å². The monoisotopic (exact) mass is 212 g/mol. The van der Waals surface area contributed by atoms with Crippen LogP contribution >= 0.6 is 11.3 Å². The van der Waals surface area contributed by atoms with Crippen LogP contribution in [0.2, 0.25) is 0 Å². The minimum atomic E-state index is 0.117. The summed E-state index contributed by atoms with van der Waals surface area (Å²) in [5.74, 6) is 0. The molecule has 0 aromatic carbocycles. The lowest BCUT2D eigenvalue weighted by Gasteiger charge is -2.18. The second-order valence-corrected chi connectivity index (χ2v) is 4.76. The van der Waals surface area contributed by atoms with Crippen LogP contribution in [0.25, 0.3) is 0 Å². The van der Waals surface area contributed by atoms with Crippen molar-refractivity contribution in [3.05, 3.63) is 11.1 Å². The van der Waals surface area contributed by atoms with E-state index in [0.29, 0.717) is 0 Å². The molecule has 1 aromatic rings. The zero-order valence-corrected chi connectivity index (χ0v) is 9.09. The van der Waals surface area contributed by atoms with E-state index in [1.165, 1.54) is 25.7 Å². The van der Waals surface area contributed by atoms with Crippen molar-refractivity contribution in [3.8, 4) is 0 Å². The SMILES string of the molecule is OCc1cnc(N2CCCCCC2)s1. The van der Waals surface area contributed by atoms with Crippen molar-refractivity contribution in [1.82, 2.24) is 4.98 Å². The molecule has 0 radical (unpaired) electrons. The van der Waals surface area contributed by atoms with Gasteiger partial charge in [-0.3, -0.25) is 0 Å². The van der Waals surface area contributed by atoms with Gasteiger partial charge in [0.05, 0.1) is 11.5 Å². The Hall–Kier alpha value is -0.610. The maximum atomic E-state index is 8.96. The predicted molar refractivity (Wildman–Crippen MR) is 58.7 cm³/mol. The summed E-state index contributed by atoms with van der Waals surface area (Å²) in [6, 6.07) is 0. The minimum absolute atomic E-state index is 0.117. The number of nitrogens with zero attached hydrogens (tertiary/aromatic N) is 2. The van der Waals surface area contributed by atoms with Gasteiger partial charge < -0.3 is 10.0 Å². The number of aromatic nitrogens is 1. The fourth-order valence-electron chi connectivity index (χ4n) is 1.78. The first-order valence-corrected chi connectivity index (χ1v) is 6.02. The summed E-state index contributed by atoms with van der Waals surface area (Å²) in [5, 5.41) is 10.0. The van der Waals surface area contributed by atoms with Gasteiger partial charge in [-0.1, -0.05) is 24.2 Å². The maximum absolute atomic E-state index is 8.96. The Labute approximate surface area is 88.4 Å². The number of thiazole rings is 1. The van der Waals surface area contributed by atoms with Crippen LogP contribution in [0.15, 0.2) is 6.20 Å². The summed E-state index contributed by atoms with van der Waals surface area (Å²) in [7, 11) is 0. The molecule has 4 heteroatoms. The molecule has 0 bridgehead atoms. The largest absolute Gasteiger partial charge is 0.391 e. The summed E-state index contributed by atoms with van der Waals surface area (Å²) in [5.41, 5.74) is 0. The van der Waals surface area contributed by atoms with E-state index in [-0.39, 0.29) is 6.61 Å².